The molecule has 5 nitrogen and oxygen atoms in total. The summed E-state index contributed by atoms with van der Waals surface area (Å²) in [4.78, 5) is 22.0. The lowest BCUT2D eigenvalue weighted by molar-refractivity contribution is -0.126. The summed E-state index contributed by atoms with van der Waals surface area (Å²) in [5.74, 6) is -0.539. The van der Waals surface area contributed by atoms with Crippen LogP contribution in [-0.2, 0) is 9.59 Å². The van der Waals surface area contributed by atoms with Crippen LogP contribution in [0.5, 0.6) is 0 Å². The second-order valence-corrected chi connectivity index (χ2v) is 3.81. The highest BCUT2D eigenvalue weighted by molar-refractivity contribution is 5.82. The molecule has 0 heterocycles. The Morgan fingerprint density at radius 3 is 2.36 bits per heavy atom. The molecule has 0 bridgehead atoms. The maximum atomic E-state index is 11.1. The summed E-state index contributed by atoms with van der Waals surface area (Å²) in [6.45, 7) is 6.59. The Morgan fingerprint density at radius 1 is 1.36 bits per heavy atom. The molecule has 0 aromatic rings. The average Bonchev–Trinajstić information content (AvgIpc) is 2.11. The Bertz CT molecular complexity index is 214. The van der Waals surface area contributed by atoms with Gasteiger partial charge in [-0.05, 0) is 20.4 Å². The number of nitrogens with one attached hydrogen (secondary N) is 2. The molecule has 5 heteroatoms. The second kappa shape index (κ2) is 5.59. The zero-order valence-corrected chi connectivity index (χ0v) is 9.02. The molecule has 82 valence electrons. The number of nitrogens with two attached hydrogens (primary N) is 1. The molecule has 0 saturated heterocycles. The summed E-state index contributed by atoms with van der Waals surface area (Å²) >= 11 is 0. The highest BCUT2D eigenvalue weighted by Crippen LogP contribution is 2.11. The zero-order chi connectivity index (χ0) is 11.2. The Hall–Kier alpha value is -1.10. The van der Waals surface area contributed by atoms with Crippen molar-refractivity contribution in [3.63, 3.8) is 0 Å². The van der Waals surface area contributed by atoms with Crippen molar-refractivity contribution in [2.75, 3.05) is 19.6 Å². The number of primary amides is 1. The van der Waals surface area contributed by atoms with Gasteiger partial charge in [-0.1, -0.05) is 6.92 Å². The van der Waals surface area contributed by atoms with E-state index in [1.54, 1.807) is 13.8 Å². The van der Waals surface area contributed by atoms with Crippen molar-refractivity contribution in [3.8, 4) is 0 Å². The molecule has 0 radical (unpaired) electrons. The van der Waals surface area contributed by atoms with Gasteiger partial charge in [0.05, 0.1) is 12.0 Å². The van der Waals surface area contributed by atoms with E-state index in [0.29, 0.717) is 0 Å². The minimum atomic E-state index is -0.693. The summed E-state index contributed by atoms with van der Waals surface area (Å²) in [6.07, 6.45) is 0. The third-order valence-corrected chi connectivity index (χ3v) is 1.93. The van der Waals surface area contributed by atoms with Crippen LogP contribution in [0.1, 0.15) is 20.8 Å². The number of amides is 2. The summed E-state index contributed by atoms with van der Waals surface area (Å²) in [5.41, 5.74) is 4.46. The lowest BCUT2D eigenvalue weighted by atomic mass is 9.93. The third kappa shape index (κ3) is 4.81. The summed E-state index contributed by atoms with van der Waals surface area (Å²) in [5, 5.41) is 5.52. The lowest BCUT2D eigenvalue weighted by Gasteiger charge is -2.20. The van der Waals surface area contributed by atoms with Gasteiger partial charge in [-0.15, -0.1) is 0 Å². The van der Waals surface area contributed by atoms with Gasteiger partial charge in [0.15, 0.2) is 0 Å². The Morgan fingerprint density at radius 2 is 1.93 bits per heavy atom. The summed E-state index contributed by atoms with van der Waals surface area (Å²) in [6, 6.07) is 0. The minimum absolute atomic E-state index is 0.124. The van der Waals surface area contributed by atoms with E-state index in [4.69, 9.17) is 5.73 Å². The Kier molecular flexibility index (Phi) is 5.15. The molecule has 0 saturated carbocycles. The molecule has 4 N–H and O–H groups in total. The van der Waals surface area contributed by atoms with E-state index in [0.717, 1.165) is 6.54 Å². The van der Waals surface area contributed by atoms with Crippen molar-refractivity contribution >= 4 is 11.8 Å². The first-order valence-electron chi connectivity index (χ1n) is 4.67. The summed E-state index contributed by atoms with van der Waals surface area (Å²) < 4.78 is 0. The van der Waals surface area contributed by atoms with Gasteiger partial charge >= 0.3 is 0 Å². The first-order valence-corrected chi connectivity index (χ1v) is 4.67. The predicted molar refractivity (Wildman–Crippen MR) is 54.5 cm³/mol. The first kappa shape index (κ1) is 12.9. The van der Waals surface area contributed by atoms with Crippen molar-refractivity contribution in [1.82, 2.24) is 10.6 Å². The van der Waals surface area contributed by atoms with Crippen LogP contribution in [0.4, 0.5) is 0 Å². The van der Waals surface area contributed by atoms with Crippen LogP contribution in [0.15, 0.2) is 0 Å². The fraction of sp³-hybridized carbons (Fsp3) is 0.778. The standard InChI is InChI=1S/C9H19N3O2/c1-4-11-5-7(13)12-6-9(2,3)8(10)14/h11H,4-6H2,1-3H3,(H2,10,14)(H,12,13). The van der Waals surface area contributed by atoms with Crippen LogP contribution >= 0.6 is 0 Å². The molecule has 14 heavy (non-hydrogen) atoms. The maximum Gasteiger partial charge on any atom is 0.233 e. The molecular weight excluding hydrogens is 182 g/mol. The molecule has 0 aliphatic carbocycles. The van der Waals surface area contributed by atoms with Crippen molar-refractivity contribution < 1.29 is 9.59 Å². The molecular formula is C9H19N3O2. The molecule has 0 unspecified atom stereocenters. The van der Waals surface area contributed by atoms with Crippen LogP contribution < -0.4 is 16.4 Å². The van der Waals surface area contributed by atoms with Gasteiger partial charge in [-0.2, -0.15) is 0 Å². The van der Waals surface area contributed by atoms with Crippen LogP contribution in [0.2, 0.25) is 0 Å². The van der Waals surface area contributed by atoms with E-state index in [2.05, 4.69) is 10.6 Å². The molecule has 0 spiro atoms. The van der Waals surface area contributed by atoms with Gasteiger partial charge in [-0.3, -0.25) is 9.59 Å². The smallest absolute Gasteiger partial charge is 0.233 e. The molecule has 0 aliphatic heterocycles. The quantitative estimate of drug-likeness (QED) is 0.527. The average molecular weight is 201 g/mol. The predicted octanol–water partition coefficient (Wildman–Crippen LogP) is -0.776. The van der Waals surface area contributed by atoms with Crippen LogP contribution in [-0.4, -0.2) is 31.4 Å². The van der Waals surface area contributed by atoms with E-state index < -0.39 is 11.3 Å². The fourth-order valence-electron chi connectivity index (χ4n) is 0.708. The maximum absolute atomic E-state index is 11.1. The van der Waals surface area contributed by atoms with E-state index in [1.165, 1.54) is 0 Å². The molecule has 2 amide bonds. The van der Waals surface area contributed by atoms with Gasteiger partial charge in [0.25, 0.3) is 0 Å². The Labute approximate surface area is 84.4 Å². The van der Waals surface area contributed by atoms with Gasteiger partial charge < -0.3 is 16.4 Å². The van der Waals surface area contributed by atoms with Crippen LogP contribution in [0.3, 0.4) is 0 Å². The number of hydrogen-bond acceptors (Lipinski definition) is 3. The van der Waals surface area contributed by atoms with Crippen molar-refractivity contribution in [1.29, 1.82) is 0 Å². The number of rotatable bonds is 6. The van der Waals surface area contributed by atoms with Gasteiger partial charge in [-0.25, -0.2) is 0 Å². The van der Waals surface area contributed by atoms with E-state index in [-0.39, 0.29) is 19.0 Å². The Balaban J connectivity index is 3.82. The fourth-order valence-corrected chi connectivity index (χ4v) is 0.708. The van der Waals surface area contributed by atoms with Gasteiger partial charge in [0.2, 0.25) is 11.8 Å². The van der Waals surface area contributed by atoms with Crippen molar-refractivity contribution in [2.45, 2.75) is 20.8 Å². The zero-order valence-electron chi connectivity index (χ0n) is 9.02. The molecule has 0 atom stereocenters. The van der Waals surface area contributed by atoms with Crippen LogP contribution in [0.25, 0.3) is 0 Å². The number of hydrogen-bond donors (Lipinski definition) is 3. The van der Waals surface area contributed by atoms with Crippen molar-refractivity contribution in [2.24, 2.45) is 11.1 Å². The normalized spacial score (nSPS) is 11.1. The lowest BCUT2D eigenvalue weighted by Crippen LogP contribution is -2.44. The number of likely N-dealkylation sites (N-methyl/N-ethyl adjacent to an activating group) is 1. The first-order chi connectivity index (χ1) is 6.40. The topological polar surface area (TPSA) is 84.2 Å². The second-order valence-electron chi connectivity index (χ2n) is 3.81. The highest BCUT2D eigenvalue weighted by atomic mass is 16.2. The van der Waals surface area contributed by atoms with Gasteiger partial charge in [0, 0.05) is 6.54 Å². The molecule has 0 aromatic heterocycles. The third-order valence-electron chi connectivity index (χ3n) is 1.93. The monoisotopic (exact) mass is 201 g/mol. The number of carbonyl (C=O) groups excluding carboxylic acids is 2. The SMILES string of the molecule is CCNCC(=O)NCC(C)(C)C(N)=O. The van der Waals surface area contributed by atoms with Crippen LogP contribution in [0, 0.1) is 5.41 Å². The van der Waals surface area contributed by atoms with E-state index in [9.17, 15) is 9.59 Å². The van der Waals surface area contributed by atoms with E-state index >= 15 is 0 Å². The molecule has 0 rings (SSSR count). The highest BCUT2D eigenvalue weighted by Gasteiger charge is 2.25. The molecule has 0 aliphatic rings. The van der Waals surface area contributed by atoms with E-state index in [1.807, 2.05) is 6.92 Å². The molecule has 0 fully saturated rings. The van der Waals surface area contributed by atoms with Crippen molar-refractivity contribution in [3.05, 3.63) is 0 Å². The minimum Gasteiger partial charge on any atom is -0.369 e. The van der Waals surface area contributed by atoms with Gasteiger partial charge in [0.1, 0.15) is 0 Å². The summed E-state index contributed by atoms with van der Waals surface area (Å²) in [7, 11) is 0. The number of carbonyl (C=O) groups is 2. The molecule has 0 aromatic carbocycles. The largest absolute Gasteiger partial charge is 0.369 e.